The summed E-state index contributed by atoms with van der Waals surface area (Å²) >= 11 is 0. The van der Waals surface area contributed by atoms with Crippen molar-refractivity contribution in [1.29, 1.82) is 0 Å². The van der Waals surface area contributed by atoms with Gasteiger partial charge in [0, 0.05) is 34.6 Å². The van der Waals surface area contributed by atoms with Gasteiger partial charge in [-0.15, -0.1) is 0 Å². The first-order valence-corrected chi connectivity index (χ1v) is 13.3. The number of nitrogens with one attached hydrogen (secondary N) is 1. The molecule has 0 bridgehead atoms. The molecule has 0 heterocycles. The molecule has 0 fully saturated rings. The Hall–Kier alpha value is -2.67. The van der Waals surface area contributed by atoms with E-state index in [0.717, 1.165) is 8.61 Å². The van der Waals surface area contributed by atoms with E-state index in [9.17, 15) is 21.6 Å². The smallest absolute Gasteiger partial charge is 0.242 e. The van der Waals surface area contributed by atoms with Crippen LogP contribution >= 0.6 is 0 Å². The van der Waals surface area contributed by atoms with Crippen LogP contribution in [-0.4, -0.2) is 79.8 Å². The lowest BCUT2D eigenvalue weighted by Crippen LogP contribution is -2.28. The third-order valence-electron chi connectivity index (χ3n) is 4.95. The summed E-state index contributed by atoms with van der Waals surface area (Å²) in [5.41, 5.74) is 0.615. The first-order chi connectivity index (χ1) is 15.9. The molecule has 0 aliphatic rings. The second kappa shape index (κ2) is 11.6. The molecule has 0 saturated heterocycles. The maximum atomic E-state index is 12.4. The summed E-state index contributed by atoms with van der Waals surface area (Å²) in [5.74, 6) is 0.767. The van der Waals surface area contributed by atoms with Crippen LogP contribution in [0.15, 0.2) is 52.3 Å². The van der Waals surface area contributed by atoms with E-state index in [1.54, 1.807) is 18.2 Å². The van der Waals surface area contributed by atoms with E-state index in [2.05, 4.69) is 5.32 Å². The first kappa shape index (κ1) is 27.6. The summed E-state index contributed by atoms with van der Waals surface area (Å²) in [5, 5.41) is 2.74. The van der Waals surface area contributed by atoms with E-state index in [-0.39, 0.29) is 35.3 Å². The van der Waals surface area contributed by atoms with Crippen molar-refractivity contribution in [3.05, 3.63) is 48.0 Å². The Labute approximate surface area is 201 Å². The van der Waals surface area contributed by atoms with Gasteiger partial charge in [-0.05, 0) is 54.4 Å². The number of ether oxygens (including phenoxy) is 2. The summed E-state index contributed by atoms with van der Waals surface area (Å²) in [6.07, 6.45) is 0.438. The number of carbonyl (C=O) groups is 1. The van der Waals surface area contributed by atoms with Gasteiger partial charge >= 0.3 is 0 Å². The number of hydrogen-bond acceptors (Lipinski definition) is 7. The fourth-order valence-electron chi connectivity index (χ4n) is 2.94. The SMILES string of the molecule is COc1ccc(S(=O)(=O)N(C)C)cc1CCC(=O)NCCOc1ccc(S(=O)(=O)N(C)C)cc1. The van der Waals surface area contributed by atoms with Crippen molar-refractivity contribution in [2.75, 3.05) is 48.5 Å². The van der Waals surface area contributed by atoms with Gasteiger partial charge in [0.2, 0.25) is 26.0 Å². The Balaban J connectivity index is 1.86. The fourth-order valence-corrected chi connectivity index (χ4v) is 4.79. The molecule has 0 saturated carbocycles. The minimum Gasteiger partial charge on any atom is -0.496 e. The number of carbonyl (C=O) groups excluding carboxylic acids is 1. The Morgan fingerprint density at radius 1 is 0.882 bits per heavy atom. The highest BCUT2D eigenvalue weighted by atomic mass is 32.2. The Morgan fingerprint density at radius 3 is 2.00 bits per heavy atom. The lowest BCUT2D eigenvalue weighted by molar-refractivity contribution is -0.121. The summed E-state index contributed by atoms with van der Waals surface area (Å²) < 4.78 is 62.0. The number of amides is 1. The van der Waals surface area contributed by atoms with Crippen LogP contribution in [0.2, 0.25) is 0 Å². The van der Waals surface area contributed by atoms with Crippen LogP contribution in [0.1, 0.15) is 12.0 Å². The normalized spacial score (nSPS) is 12.1. The van der Waals surface area contributed by atoms with E-state index in [4.69, 9.17) is 9.47 Å². The van der Waals surface area contributed by atoms with Gasteiger partial charge in [0.1, 0.15) is 18.1 Å². The lowest BCUT2D eigenvalue weighted by atomic mass is 10.1. The van der Waals surface area contributed by atoms with Crippen molar-refractivity contribution in [1.82, 2.24) is 13.9 Å². The van der Waals surface area contributed by atoms with Crippen LogP contribution in [0.3, 0.4) is 0 Å². The van der Waals surface area contributed by atoms with Crippen LogP contribution in [0.4, 0.5) is 0 Å². The molecule has 0 unspecified atom stereocenters. The minimum atomic E-state index is -3.60. The van der Waals surface area contributed by atoms with E-state index >= 15 is 0 Å². The average Bonchev–Trinajstić information content (AvgIpc) is 2.80. The summed E-state index contributed by atoms with van der Waals surface area (Å²) in [6.45, 7) is 0.453. The van der Waals surface area contributed by atoms with Gasteiger partial charge in [0.15, 0.2) is 0 Å². The topological polar surface area (TPSA) is 122 Å². The number of benzene rings is 2. The zero-order chi connectivity index (χ0) is 25.5. The van der Waals surface area contributed by atoms with Crippen molar-refractivity contribution < 1.29 is 31.1 Å². The van der Waals surface area contributed by atoms with E-state index < -0.39 is 20.0 Å². The molecule has 0 spiro atoms. The van der Waals surface area contributed by atoms with Crippen LogP contribution in [0, 0.1) is 0 Å². The standard InChI is InChI=1S/C22H31N3O7S2/c1-24(2)33(27,28)19-9-7-18(8-10-19)32-15-14-23-22(26)13-6-17-16-20(11-12-21(17)31-5)34(29,30)25(3)4/h7-12,16H,6,13-15H2,1-5H3,(H,23,26). The number of methoxy groups -OCH3 is 1. The van der Waals surface area contributed by atoms with Gasteiger partial charge in [-0.25, -0.2) is 25.4 Å². The van der Waals surface area contributed by atoms with Crippen molar-refractivity contribution >= 4 is 26.0 Å². The van der Waals surface area contributed by atoms with Gasteiger partial charge in [-0.2, -0.15) is 0 Å². The highest BCUT2D eigenvalue weighted by molar-refractivity contribution is 7.89. The number of nitrogens with zero attached hydrogens (tertiary/aromatic N) is 2. The monoisotopic (exact) mass is 513 g/mol. The number of hydrogen-bond donors (Lipinski definition) is 1. The minimum absolute atomic E-state index is 0.131. The van der Waals surface area contributed by atoms with Gasteiger partial charge in [-0.3, -0.25) is 4.79 Å². The lowest BCUT2D eigenvalue weighted by Gasteiger charge is -2.14. The third-order valence-corrected chi connectivity index (χ3v) is 8.59. The van der Waals surface area contributed by atoms with Crippen molar-refractivity contribution in [3.8, 4) is 11.5 Å². The van der Waals surface area contributed by atoms with E-state index in [1.807, 2.05) is 0 Å². The van der Waals surface area contributed by atoms with Crippen LogP contribution < -0.4 is 14.8 Å². The molecule has 34 heavy (non-hydrogen) atoms. The van der Waals surface area contributed by atoms with Crippen molar-refractivity contribution in [2.45, 2.75) is 22.6 Å². The number of sulfonamides is 2. The average molecular weight is 514 g/mol. The molecule has 0 aliphatic carbocycles. The molecule has 0 atom stereocenters. The Morgan fingerprint density at radius 2 is 1.44 bits per heavy atom. The van der Waals surface area contributed by atoms with Gasteiger partial charge in [0.05, 0.1) is 23.4 Å². The molecule has 12 heteroatoms. The molecule has 2 aromatic rings. The maximum absolute atomic E-state index is 12.4. The molecule has 10 nitrogen and oxygen atoms in total. The van der Waals surface area contributed by atoms with Gasteiger partial charge in [0.25, 0.3) is 0 Å². The predicted octanol–water partition coefficient (Wildman–Crippen LogP) is 1.32. The molecule has 2 rings (SSSR count). The highest BCUT2D eigenvalue weighted by Gasteiger charge is 2.19. The molecule has 188 valence electrons. The van der Waals surface area contributed by atoms with Crippen molar-refractivity contribution in [2.24, 2.45) is 0 Å². The summed E-state index contributed by atoms with van der Waals surface area (Å²) in [4.78, 5) is 12.5. The molecule has 1 amide bonds. The quantitative estimate of drug-likeness (QED) is 0.425. The Kier molecular flexibility index (Phi) is 9.45. The van der Waals surface area contributed by atoms with E-state index in [0.29, 0.717) is 23.5 Å². The molecular formula is C22H31N3O7S2. The molecular weight excluding hydrogens is 482 g/mol. The number of rotatable bonds is 12. The van der Waals surface area contributed by atoms with Crippen molar-refractivity contribution in [3.63, 3.8) is 0 Å². The zero-order valence-corrected chi connectivity index (χ0v) is 21.6. The van der Waals surface area contributed by atoms with Crippen LogP contribution in [0.5, 0.6) is 11.5 Å². The molecule has 2 aromatic carbocycles. The molecule has 1 N–H and O–H groups in total. The fraction of sp³-hybridized carbons (Fsp3) is 0.409. The Bertz CT molecular complexity index is 1190. The van der Waals surface area contributed by atoms with Gasteiger partial charge < -0.3 is 14.8 Å². The number of aryl methyl sites for hydroxylation is 1. The molecule has 0 aliphatic heterocycles. The maximum Gasteiger partial charge on any atom is 0.242 e. The van der Waals surface area contributed by atoms with E-state index in [1.165, 1.54) is 59.6 Å². The zero-order valence-electron chi connectivity index (χ0n) is 19.9. The molecule has 0 radical (unpaired) electrons. The molecule has 0 aromatic heterocycles. The summed E-state index contributed by atoms with van der Waals surface area (Å²) in [6, 6.07) is 10.6. The summed E-state index contributed by atoms with van der Waals surface area (Å²) in [7, 11) is 0.209. The van der Waals surface area contributed by atoms with Crippen LogP contribution in [0.25, 0.3) is 0 Å². The second-order valence-electron chi connectivity index (χ2n) is 7.72. The predicted molar refractivity (Wildman–Crippen MR) is 128 cm³/mol. The first-order valence-electron chi connectivity index (χ1n) is 10.4. The van der Waals surface area contributed by atoms with Gasteiger partial charge in [-0.1, -0.05) is 0 Å². The van der Waals surface area contributed by atoms with Crippen LogP contribution in [-0.2, 0) is 31.3 Å². The second-order valence-corrected chi connectivity index (χ2v) is 12.0. The highest BCUT2D eigenvalue weighted by Crippen LogP contribution is 2.25. The largest absolute Gasteiger partial charge is 0.496 e. The third kappa shape index (κ3) is 6.92.